The zero-order chi connectivity index (χ0) is 22.1. The first-order valence-electron chi connectivity index (χ1n) is 11.0. The molecule has 1 aliphatic rings. The number of carbonyl (C=O) groups is 1. The van der Waals surface area contributed by atoms with Crippen LogP contribution in [-0.2, 0) is 21.2 Å². The Kier molecular flexibility index (Phi) is 8.63. The van der Waals surface area contributed by atoms with Crippen LogP contribution in [0, 0.1) is 5.92 Å². The zero-order valence-corrected chi connectivity index (χ0v) is 18.9. The van der Waals surface area contributed by atoms with Crippen molar-refractivity contribution in [2.75, 3.05) is 32.8 Å². The molecule has 0 bridgehead atoms. The molecule has 0 atom stereocenters. The molecule has 31 heavy (non-hydrogen) atoms. The van der Waals surface area contributed by atoms with Gasteiger partial charge in [0.15, 0.2) is 0 Å². The molecule has 1 saturated heterocycles. The van der Waals surface area contributed by atoms with E-state index in [-0.39, 0.29) is 10.8 Å². The number of carbonyl (C=O) groups excluding carboxylic acids is 1. The van der Waals surface area contributed by atoms with Gasteiger partial charge in [-0.05, 0) is 61.4 Å². The molecule has 0 radical (unpaired) electrons. The molecule has 1 amide bonds. The highest BCUT2D eigenvalue weighted by atomic mass is 32.2. The van der Waals surface area contributed by atoms with Crippen LogP contribution in [0.5, 0.6) is 0 Å². The van der Waals surface area contributed by atoms with Crippen LogP contribution in [0.4, 0.5) is 0 Å². The average Bonchev–Trinajstić information content (AvgIpc) is 2.79. The lowest BCUT2D eigenvalue weighted by molar-refractivity contribution is 0.0942. The minimum absolute atomic E-state index is 0.208. The maximum atomic E-state index is 12.8. The van der Waals surface area contributed by atoms with Crippen LogP contribution in [-0.4, -0.2) is 51.5 Å². The Morgan fingerprint density at radius 1 is 1.03 bits per heavy atom. The third kappa shape index (κ3) is 6.89. The lowest BCUT2D eigenvalue weighted by Gasteiger charge is -2.29. The van der Waals surface area contributed by atoms with Gasteiger partial charge < -0.3 is 10.1 Å². The first kappa shape index (κ1) is 23.4. The number of piperidine rings is 1. The topological polar surface area (TPSA) is 75.7 Å². The van der Waals surface area contributed by atoms with Crippen molar-refractivity contribution in [3.63, 3.8) is 0 Å². The zero-order valence-electron chi connectivity index (χ0n) is 18.1. The second kappa shape index (κ2) is 11.4. The van der Waals surface area contributed by atoms with Crippen molar-refractivity contribution in [3.05, 3.63) is 65.7 Å². The number of sulfonamides is 1. The van der Waals surface area contributed by atoms with Crippen molar-refractivity contribution >= 4 is 15.9 Å². The number of nitrogens with one attached hydrogen (secondary N) is 1. The van der Waals surface area contributed by atoms with Crippen molar-refractivity contribution < 1.29 is 17.9 Å². The van der Waals surface area contributed by atoms with E-state index in [0.717, 1.165) is 25.7 Å². The van der Waals surface area contributed by atoms with Gasteiger partial charge in [-0.25, -0.2) is 8.42 Å². The van der Waals surface area contributed by atoms with Crippen LogP contribution < -0.4 is 5.32 Å². The number of hydrogen-bond donors (Lipinski definition) is 1. The van der Waals surface area contributed by atoms with Gasteiger partial charge in [0.2, 0.25) is 10.0 Å². The van der Waals surface area contributed by atoms with Gasteiger partial charge >= 0.3 is 0 Å². The Labute approximate surface area is 185 Å². The lowest BCUT2D eigenvalue weighted by Crippen LogP contribution is -2.37. The van der Waals surface area contributed by atoms with E-state index >= 15 is 0 Å². The molecule has 168 valence electrons. The van der Waals surface area contributed by atoms with E-state index in [9.17, 15) is 13.2 Å². The summed E-state index contributed by atoms with van der Waals surface area (Å²) in [6.07, 6.45) is 3.37. The molecule has 0 unspecified atom stereocenters. The van der Waals surface area contributed by atoms with Crippen molar-refractivity contribution in [2.45, 2.75) is 37.5 Å². The van der Waals surface area contributed by atoms with Gasteiger partial charge in [-0.15, -0.1) is 0 Å². The number of rotatable bonds is 10. The van der Waals surface area contributed by atoms with E-state index in [4.69, 9.17) is 4.74 Å². The van der Waals surface area contributed by atoms with E-state index in [1.807, 2.05) is 18.2 Å². The molecule has 0 spiro atoms. The number of ether oxygens (including phenoxy) is 1. The summed E-state index contributed by atoms with van der Waals surface area (Å²) < 4.78 is 32.7. The Morgan fingerprint density at radius 3 is 2.39 bits per heavy atom. The Hall–Kier alpha value is -2.22. The predicted octanol–water partition coefficient (Wildman–Crippen LogP) is 3.49. The van der Waals surface area contributed by atoms with Gasteiger partial charge in [0.25, 0.3) is 5.91 Å². The summed E-state index contributed by atoms with van der Waals surface area (Å²) in [5.41, 5.74) is 1.70. The van der Waals surface area contributed by atoms with E-state index in [1.54, 1.807) is 16.4 Å². The van der Waals surface area contributed by atoms with E-state index in [2.05, 4.69) is 24.4 Å². The smallest absolute Gasteiger partial charge is 0.251 e. The quantitative estimate of drug-likeness (QED) is 0.569. The molecule has 3 rings (SSSR count). The Morgan fingerprint density at radius 2 is 1.71 bits per heavy atom. The molecule has 0 saturated carbocycles. The first-order chi connectivity index (χ1) is 15.0. The predicted molar refractivity (Wildman–Crippen MR) is 122 cm³/mol. The molecule has 6 nitrogen and oxygen atoms in total. The molecular weight excluding hydrogens is 412 g/mol. The van der Waals surface area contributed by atoms with Crippen LogP contribution >= 0.6 is 0 Å². The van der Waals surface area contributed by atoms with Crippen molar-refractivity contribution in [1.29, 1.82) is 0 Å². The van der Waals surface area contributed by atoms with Crippen LogP contribution in [0.25, 0.3) is 0 Å². The van der Waals surface area contributed by atoms with Gasteiger partial charge in [0, 0.05) is 31.8 Å². The summed E-state index contributed by atoms with van der Waals surface area (Å²) in [7, 11) is -3.49. The van der Waals surface area contributed by atoms with Gasteiger partial charge in [0.1, 0.15) is 0 Å². The highest BCUT2D eigenvalue weighted by Crippen LogP contribution is 2.23. The third-order valence-corrected chi connectivity index (χ3v) is 7.54. The van der Waals surface area contributed by atoms with Crippen molar-refractivity contribution in [1.82, 2.24) is 9.62 Å². The monoisotopic (exact) mass is 444 g/mol. The summed E-state index contributed by atoms with van der Waals surface area (Å²) in [5.74, 6) is 0.354. The fourth-order valence-corrected chi connectivity index (χ4v) is 5.04. The molecule has 1 fully saturated rings. The first-order valence-corrected chi connectivity index (χ1v) is 12.4. The second-order valence-corrected chi connectivity index (χ2v) is 10.0. The normalized spacial score (nSPS) is 15.6. The van der Waals surface area contributed by atoms with E-state index in [0.29, 0.717) is 44.3 Å². The maximum absolute atomic E-state index is 12.8. The summed E-state index contributed by atoms with van der Waals surface area (Å²) in [6.45, 7) is 5.01. The molecule has 1 aliphatic heterocycles. The molecule has 2 aromatic rings. The van der Waals surface area contributed by atoms with Gasteiger partial charge in [-0.1, -0.05) is 37.3 Å². The van der Waals surface area contributed by atoms with Crippen LogP contribution in [0.1, 0.15) is 42.1 Å². The summed E-state index contributed by atoms with van der Waals surface area (Å²) in [5, 5.41) is 2.86. The standard InChI is InChI=1S/C24H32N2O4S/c1-20-12-16-26(17-13-20)31(28,29)23-10-8-22(9-11-23)24(27)25-15-5-18-30-19-14-21-6-3-2-4-7-21/h2-4,6-11,20H,5,12-19H2,1H3,(H,25,27). The highest BCUT2D eigenvalue weighted by Gasteiger charge is 2.28. The molecule has 1 heterocycles. The van der Waals surface area contributed by atoms with E-state index < -0.39 is 10.0 Å². The Balaban J connectivity index is 1.38. The third-order valence-electron chi connectivity index (χ3n) is 5.63. The highest BCUT2D eigenvalue weighted by molar-refractivity contribution is 7.89. The lowest BCUT2D eigenvalue weighted by atomic mass is 10.0. The maximum Gasteiger partial charge on any atom is 0.251 e. The minimum atomic E-state index is -3.49. The fraction of sp³-hybridized carbons (Fsp3) is 0.458. The molecule has 0 aliphatic carbocycles. The number of hydrogen-bond acceptors (Lipinski definition) is 4. The molecular formula is C24H32N2O4S. The Bertz CT molecular complexity index is 922. The summed E-state index contributed by atoms with van der Waals surface area (Å²) in [4.78, 5) is 12.5. The average molecular weight is 445 g/mol. The van der Waals surface area contributed by atoms with Crippen LogP contribution in [0.3, 0.4) is 0 Å². The number of nitrogens with zero attached hydrogens (tertiary/aromatic N) is 1. The second-order valence-electron chi connectivity index (χ2n) is 8.07. The molecule has 0 aromatic heterocycles. The van der Waals surface area contributed by atoms with Crippen molar-refractivity contribution in [2.24, 2.45) is 5.92 Å². The van der Waals surface area contributed by atoms with Gasteiger partial charge in [-0.3, -0.25) is 4.79 Å². The molecule has 1 N–H and O–H groups in total. The van der Waals surface area contributed by atoms with Crippen LogP contribution in [0.2, 0.25) is 0 Å². The fourth-order valence-electron chi connectivity index (χ4n) is 3.57. The van der Waals surface area contributed by atoms with Gasteiger partial charge in [0.05, 0.1) is 11.5 Å². The minimum Gasteiger partial charge on any atom is -0.381 e. The van der Waals surface area contributed by atoms with Gasteiger partial charge in [-0.2, -0.15) is 4.31 Å². The molecule has 2 aromatic carbocycles. The van der Waals surface area contributed by atoms with Crippen LogP contribution in [0.15, 0.2) is 59.5 Å². The number of amides is 1. The number of benzene rings is 2. The summed E-state index contributed by atoms with van der Waals surface area (Å²) >= 11 is 0. The SMILES string of the molecule is CC1CCN(S(=O)(=O)c2ccc(C(=O)NCCCOCCc3ccccc3)cc2)CC1. The molecule has 7 heteroatoms. The summed E-state index contributed by atoms with van der Waals surface area (Å²) in [6, 6.07) is 16.4. The van der Waals surface area contributed by atoms with Crippen molar-refractivity contribution in [3.8, 4) is 0 Å². The largest absolute Gasteiger partial charge is 0.381 e. The van der Waals surface area contributed by atoms with E-state index in [1.165, 1.54) is 17.7 Å².